The third-order valence-electron chi connectivity index (χ3n) is 2.79. The molecule has 0 spiro atoms. The molecule has 0 amide bonds. The zero-order chi connectivity index (χ0) is 11.8. The van der Waals surface area contributed by atoms with Crippen molar-refractivity contribution < 1.29 is 4.74 Å². The predicted molar refractivity (Wildman–Crippen MR) is 69.4 cm³/mol. The number of hydrogen-bond donors (Lipinski definition) is 0. The summed E-state index contributed by atoms with van der Waals surface area (Å²) in [6.07, 6.45) is 4.47. The fourth-order valence-electron chi connectivity index (χ4n) is 2.02. The summed E-state index contributed by atoms with van der Waals surface area (Å²) >= 11 is 0. The number of hydrogen-bond acceptors (Lipinski definition) is 1. The maximum absolute atomic E-state index is 5.86. The molecule has 0 bridgehead atoms. The SMILES string of the molecule is C=CC(CCC)C(OCC)c1ccccc1. The van der Waals surface area contributed by atoms with Crippen LogP contribution in [0.15, 0.2) is 43.0 Å². The van der Waals surface area contributed by atoms with Gasteiger partial charge < -0.3 is 4.74 Å². The first-order chi connectivity index (χ1) is 7.83. The quantitative estimate of drug-likeness (QED) is 0.618. The van der Waals surface area contributed by atoms with Crippen molar-refractivity contribution in [3.8, 4) is 0 Å². The van der Waals surface area contributed by atoms with Crippen molar-refractivity contribution in [3.63, 3.8) is 0 Å². The Labute approximate surface area is 99.1 Å². The third-order valence-corrected chi connectivity index (χ3v) is 2.79. The zero-order valence-electron chi connectivity index (χ0n) is 10.4. The molecular weight excluding hydrogens is 196 g/mol. The van der Waals surface area contributed by atoms with Crippen molar-refractivity contribution in [1.82, 2.24) is 0 Å². The van der Waals surface area contributed by atoms with E-state index in [1.54, 1.807) is 0 Å². The van der Waals surface area contributed by atoms with Gasteiger partial charge in [0.05, 0.1) is 6.10 Å². The van der Waals surface area contributed by atoms with Crippen molar-refractivity contribution in [2.24, 2.45) is 5.92 Å². The van der Waals surface area contributed by atoms with E-state index in [0.717, 1.165) is 19.4 Å². The van der Waals surface area contributed by atoms with Gasteiger partial charge in [0.2, 0.25) is 0 Å². The lowest BCUT2D eigenvalue weighted by Crippen LogP contribution is -2.14. The van der Waals surface area contributed by atoms with E-state index in [9.17, 15) is 0 Å². The van der Waals surface area contributed by atoms with Crippen LogP contribution < -0.4 is 0 Å². The molecule has 0 aliphatic rings. The maximum Gasteiger partial charge on any atom is 0.0887 e. The highest BCUT2D eigenvalue weighted by atomic mass is 16.5. The van der Waals surface area contributed by atoms with Crippen LogP contribution in [0, 0.1) is 5.92 Å². The topological polar surface area (TPSA) is 9.23 Å². The number of ether oxygens (including phenoxy) is 1. The van der Waals surface area contributed by atoms with Gasteiger partial charge in [0.15, 0.2) is 0 Å². The van der Waals surface area contributed by atoms with E-state index in [0.29, 0.717) is 5.92 Å². The molecule has 16 heavy (non-hydrogen) atoms. The molecule has 0 saturated carbocycles. The number of rotatable bonds is 7. The minimum atomic E-state index is 0.156. The summed E-state index contributed by atoms with van der Waals surface area (Å²) in [4.78, 5) is 0. The third kappa shape index (κ3) is 3.49. The van der Waals surface area contributed by atoms with Crippen LogP contribution >= 0.6 is 0 Å². The Bertz CT molecular complexity index is 292. The molecule has 0 saturated heterocycles. The molecule has 0 radical (unpaired) electrons. The van der Waals surface area contributed by atoms with E-state index in [2.05, 4.69) is 37.8 Å². The Kier molecular flexibility index (Phi) is 5.87. The lowest BCUT2D eigenvalue weighted by molar-refractivity contribution is 0.0300. The Morgan fingerprint density at radius 3 is 2.44 bits per heavy atom. The van der Waals surface area contributed by atoms with Crippen molar-refractivity contribution >= 4 is 0 Å². The maximum atomic E-state index is 5.86. The summed E-state index contributed by atoms with van der Waals surface area (Å²) in [5.41, 5.74) is 1.25. The van der Waals surface area contributed by atoms with Gasteiger partial charge in [-0.05, 0) is 18.9 Å². The van der Waals surface area contributed by atoms with Crippen LogP contribution in [-0.2, 0) is 4.74 Å². The van der Waals surface area contributed by atoms with Crippen molar-refractivity contribution in [1.29, 1.82) is 0 Å². The van der Waals surface area contributed by atoms with Crippen LogP contribution in [0.25, 0.3) is 0 Å². The molecule has 2 atom stereocenters. The van der Waals surface area contributed by atoms with E-state index < -0.39 is 0 Å². The van der Waals surface area contributed by atoms with Gasteiger partial charge in [-0.1, -0.05) is 49.8 Å². The molecular formula is C15H22O. The fourth-order valence-corrected chi connectivity index (χ4v) is 2.02. The average molecular weight is 218 g/mol. The summed E-state index contributed by atoms with van der Waals surface area (Å²) in [5.74, 6) is 0.410. The molecule has 0 N–H and O–H groups in total. The normalized spacial score (nSPS) is 14.4. The second-order valence-corrected chi connectivity index (χ2v) is 3.97. The van der Waals surface area contributed by atoms with E-state index in [1.807, 2.05) is 19.1 Å². The van der Waals surface area contributed by atoms with Gasteiger partial charge in [0, 0.05) is 12.5 Å². The first-order valence-electron chi connectivity index (χ1n) is 6.12. The lowest BCUT2D eigenvalue weighted by Gasteiger charge is -2.24. The summed E-state index contributed by atoms with van der Waals surface area (Å²) in [6, 6.07) is 10.4. The lowest BCUT2D eigenvalue weighted by atomic mass is 9.92. The van der Waals surface area contributed by atoms with Crippen LogP contribution in [-0.4, -0.2) is 6.61 Å². The van der Waals surface area contributed by atoms with E-state index >= 15 is 0 Å². The Hall–Kier alpha value is -1.08. The van der Waals surface area contributed by atoms with Gasteiger partial charge in [-0.3, -0.25) is 0 Å². The highest BCUT2D eigenvalue weighted by Crippen LogP contribution is 2.30. The summed E-state index contributed by atoms with van der Waals surface area (Å²) in [5, 5.41) is 0. The van der Waals surface area contributed by atoms with Gasteiger partial charge in [0.25, 0.3) is 0 Å². The molecule has 0 aromatic heterocycles. The molecule has 1 heteroatoms. The largest absolute Gasteiger partial charge is 0.373 e. The predicted octanol–water partition coefficient (Wildman–Crippen LogP) is 4.37. The second-order valence-electron chi connectivity index (χ2n) is 3.97. The highest BCUT2D eigenvalue weighted by molar-refractivity contribution is 5.19. The monoisotopic (exact) mass is 218 g/mol. The van der Waals surface area contributed by atoms with Crippen LogP contribution in [0.4, 0.5) is 0 Å². The molecule has 0 heterocycles. The van der Waals surface area contributed by atoms with E-state index in [4.69, 9.17) is 4.74 Å². The average Bonchev–Trinajstić information content (AvgIpc) is 2.35. The molecule has 1 aromatic carbocycles. The van der Waals surface area contributed by atoms with Crippen molar-refractivity contribution in [2.75, 3.05) is 6.61 Å². The zero-order valence-corrected chi connectivity index (χ0v) is 10.4. The van der Waals surface area contributed by atoms with Gasteiger partial charge >= 0.3 is 0 Å². The summed E-state index contributed by atoms with van der Waals surface area (Å²) in [6.45, 7) is 8.91. The Balaban J connectivity index is 2.84. The van der Waals surface area contributed by atoms with Crippen molar-refractivity contribution in [3.05, 3.63) is 48.6 Å². The molecule has 1 nitrogen and oxygen atoms in total. The van der Waals surface area contributed by atoms with Gasteiger partial charge in [-0.2, -0.15) is 0 Å². The standard InChI is InChI=1S/C15H22O/c1-4-10-13(5-2)15(16-6-3)14-11-8-7-9-12-14/h5,7-9,11-13,15H,2,4,6,10H2,1,3H3. The van der Waals surface area contributed by atoms with Crippen LogP contribution in [0.5, 0.6) is 0 Å². The molecule has 0 fully saturated rings. The molecule has 88 valence electrons. The molecule has 0 aliphatic carbocycles. The summed E-state index contributed by atoms with van der Waals surface area (Å²) < 4.78 is 5.86. The molecule has 2 unspecified atom stereocenters. The van der Waals surface area contributed by atoms with Gasteiger partial charge in [-0.15, -0.1) is 6.58 Å². The van der Waals surface area contributed by atoms with Crippen molar-refractivity contribution in [2.45, 2.75) is 32.8 Å². The van der Waals surface area contributed by atoms with E-state index in [1.165, 1.54) is 5.56 Å². The molecule has 1 rings (SSSR count). The Morgan fingerprint density at radius 1 is 1.25 bits per heavy atom. The molecule has 1 aromatic rings. The van der Waals surface area contributed by atoms with Gasteiger partial charge in [-0.25, -0.2) is 0 Å². The summed E-state index contributed by atoms with van der Waals surface area (Å²) in [7, 11) is 0. The van der Waals surface area contributed by atoms with Crippen LogP contribution in [0.1, 0.15) is 38.4 Å². The minimum absolute atomic E-state index is 0.156. The second kappa shape index (κ2) is 7.24. The van der Waals surface area contributed by atoms with Gasteiger partial charge in [0.1, 0.15) is 0 Å². The first-order valence-corrected chi connectivity index (χ1v) is 6.12. The highest BCUT2D eigenvalue weighted by Gasteiger charge is 2.19. The fraction of sp³-hybridized carbons (Fsp3) is 0.467. The Morgan fingerprint density at radius 2 is 1.94 bits per heavy atom. The van der Waals surface area contributed by atoms with Crippen LogP contribution in [0.3, 0.4) is 0 Å². The number of benzene rings is 1. The van der Waals surface area contributed by atoms with Crippen LogP contribution in [0.2, 0.25) is 0 Å². The minimum Gasteiger partial charge on any atom is -0.373 e. The first kappa shape index (κ1) is 13.0. The molecule has 0 aliphatic heterocycles. The smallest absolute Gasteiger partial charge is 0.0887 e. The van der Waals surface area contributed by atoms with E-state index in [-0.39, 0.29) is 6.10 Å².